The summed E-state index contributed by atoms with van der Waals surface area (Å²) >= 11 is 6.12. The van der Waals surface area contributed by atoms with E-state index in [1.165, 1.54) is 68.9 Å². The van der Waals surface area contributed by atoms with E-state index < -0.39 is 0 Å². The largest absolute Gasteiger partial charge is 0.357 e. The number of nitrogens with one attached hydrogen (secondary N) is 2. The molecule has 7 fully saturated rings. The van der Waals surface area contributed by atoms with Crippen molar-refractivity contribution < 1.29 is 0 Å². The zero-order valence-electron chi connectivity index (χ0n) is 20.7. The maximum atomic E-state index is 6.12. The van der Waals surface area contributed by atoms with Gasteiger partial charge in [0.05, 0.1) is 11.6 Å². The smallest absolute Gasteiger partial charge is 0.167 e. The lowest BCUT2D eigenvalue weighted by atomic mass is 9.53. The molecule has 9 rings (SSSR count). The summed E-state index contributed by atoms with van der Waals surface area (Å²) in [6.07, 6.45) is 14.9. The van der Waals surface area contributed by atoms with Gasteiger partial charge in [-0.15, -0.1) is 6.58 Å². The van der Waals surface area contributed by atoms with Crippen molar-refractivity contribution in [3.8, 4) is 0 Å². The van der Waals surface area contributed by atoms with Crippen LogP contribution in [-0.2, 0) is 0 Å². The van der Waals surface area contributed by atoms with E-state index in [0.717, 1.165) is 40.8 Å². The molecular formula is C30H38N4S. The molecule has 2 aromatic rings. The summed E-state index contributed by atoms with van der Waals surface area (Å²) in [6, 6.07) is 11.4. The first kappa shape index (κ1) is 22.2. The minimum Gasteiger partial charge on any atom is -0.357 e. The molecule has 4 heterocycles. The zero-order chi connectivity index (χ0) is 23.6. The monoisotopic (exact) mass is 486 g/mol. The number of pyridine rings is 1. The minimum atomic E-state index is 0.158. The second-order valence-electron chi connectivity index (χ2n) is 12.4. The zero-order valence-corrected chi connectivity index (χ0v) is 21.5. The lowest BCUT2D eigenvalue weighted by molar-refractivity contribution is -0.0113. The maximum absolute atomic E-state index is 6.12. The van der Waals surface area contributed by atoms with E-state index in [4.69, 9.17) is 12.2 Å². The molecule has 0 spiro atoms. The summed E-state index contributed by atoms with van der Waals surface area (Å²) in [5.41, 5.74) is 2.62. The average molecular weight is 487 g/mol. The maximum Gasteiger partial charge on any atom is 0.167 e. The van der Waals surface area contributed by atoms with E-state index in [9.17, 15) is 0 Å². The highest BCUT2D eigenvalue weighted by Crippen LogP contribution is 2.55. The van der Waals surface area contributed by atoms with Crippen LogP contribution in [-0.4, -0.2) is 39.7 Å². The lowest BCUT2D eigenvalue weighted by Crippen LogP contribution is -2.63. The van der Waals surface area contributed by atoms with Gasteiger partial charge in [0.2, 0.25) is 0 Å². The normalized spacial score (nSPS) is 39.9. The van der Waals surface area contributed by atoms with Crippen LogP contribution in [0.2, 0.25) is 0 Å². The molecule has 35 heavy (non-hydrogen) atoms. The Morgan fingerprint density at radius 2 is 1.83 bits per heavy atom. The number of thiocarbonyl (C=S) groups is 1. The number of rotatable bonds is 5. The van der Waals surface area contributed by atoms with E-state index >= 15 is 0 Å². The fourth-order valence-corrected chi connectivity index (χ4v) is 9.52. The Balaban J connectivity index is 1.19. The van der Waals surface area contributed by atoms with Gasteiger partial charge in [-0.1, -0.05) is 24.3 Å². The van der Waals surface area contributed by atoms with Crippen molar-refractivity contribution in [1.29, 1.82) is 0 Å². The molecule has 0 amide bonds. The first-order valence-electron chi connectivity index (χ1n) is 13.9. The molecule has 4 saturated carbocycles. The van der Waals surface area contributed by atoms with Crippen molar-refractivity contribution in [2.45, 2.75) is 69.0 Å². The number of nitrogens with zero attached hydrogens (tertiary/aromatic N) is 2. The number of benzene rings is 1. The predicted octanol–water partition coefficient (Wildman–Crippen LogP) is 5.61. The van der Waals surface area contributed by atoms with Gasteiger partial charge in [0.1, 0.15) is 0 Å². The Morgan fingerprint density at radius 1 is 1.09 bits per heavy atom. The van der Waals surface area contributed by atoms with Crippen LogP contribution in [0.25, 0.3) is 10.9 Å². The molecule has 5 heteroatoms. The number of para-hydroxylation sites is 1. The third-order valence-electron chi connectivity index (χ3n) is 10.3. The summed E-state index contributed by atoms with van der Waals surface area (Å²) in [5.74, 6) is 4.07. The molecule has 4 nitrogen and oxygen atoms in total. The Labute approximate surface area is 214 Å². The molecule has 4 aliphatic carbocycles. The molecule has 3 aliphatic heterocycles. The summed E-state index contributed by atoms with van der Waals surface area (Å²) < 4.78 is 0. The van der Waals surface area contributed by atoms with Crippen molar-refractivity contribution in [1.82, 2.24) is 20.5 Å². The number of hydrogen-bond acceptors (Lipinski definition) is 3. The Morgan fingerprint density at radius 3 is 2.51 bits per heavy atom. The van der Waals surface area contributed by atoms with Gasteiger partial charge in [-0.05, 0) is 117 Å². The van der Waals surface area contributed by atoms with Crippen LogP contribution in [0.3, 0.4) is 0 Å². The van der Waals surface area contributed by atoms with E-state index in [2.05, 4.69) is 63.5 Å². The Bertz CT molecular complexity index is 1100. The van der Waals surface area contributed by atoms with Gasteiger partial charge < -0.3 is 10.6 Å². The van der Waals surface area contributed by atoms with Crippen LogP contribution in [0.1, 0.15) is 63.0 Å². The first-order valence-corrected chi connectivity index (χ1v) is 14.3. The minimum absolute atomic E-state index is 0.158. The van der Waals surface area contributed by atoms with E-state index in [1.807, 2.05) is 6.20 Å². The fraction of sp³-hybridized carbons (Fsp3) is 0.600. The van der Waals surface area contributed by atoms with E-state index in [0.29, 0.717) is 12.0 Å². The molecule has 1 unspecified atom stereocenters. The predicted molar refractivity (Wildman–Crippen MR) is 146 cm³/mol. The topological polar surface area (TPSA) is 40.2 Å². The summed E-state index contributed by atoms with van der Waals surface area (Å²) in [7, 11) is 0. The molecular weight excluding hydrogens is 448 g/mol. The summed E-state index contributed by atoms with van der Waals surface area (Å²) in [5, 5.41) is 9.96. The van der Waals surface area contributed by atoms with Gasteiger partial charge in [0.25, 0.3) is 0 Å². The molecule has 1 aromatic carbocycles. The number of piperidine rings is 3. The highest BCUT2D eigenvalue weighted by atomic mass is 32.1. The van der Waals surface area contributed by atoms with Gasteiger partial charge in [-0.2, -0.15) is 0 Å². The van der Waals surface area contributed by atoms with Crippen molar-refractivity contribution in [3.63, 3.8) is 0 Å². The summed E-state index contributed by atoms with van der Waals surface area (Å²) in [4.78, 5) is 7.37. The Hall–Kier alpha value is -1.98. The number of hydrogen-bond donors (Lipinski definition) is 2. The molecule has 3 saturated heterocycles. The molecule has 0 radical (unpaired) electrons. The summed E-state index contributed by atoms with van der Waals surface area (Å²) in [6.45, 7) is 6.44. The van der Waals surface area contributed by atoms with E-state index in [-0.39, 0.29) is 11.6 Å². The molecule has 1 aromatic heterocycles. The van der Waals surface area contributed by atoms with Crippen molar-refractivity contribution in [2.75, 3.05) is 13.1 Å². The third kappa shape index (κ3) is 3.90. The molecule has 5 atom stereocenters. The van der Waals surface area contributed by atoms with Gasteiger partial charge in [-0.25, -0.2) is 0 Å². The van der Waals surface area contributed by atoms with Crippen LogP contribution in [0.15, 0.2) is 49.2 Å². The molecule has 2 N–H and O–H groups in total. The van der Waals surface area contributed by atoms with E-state index in [1.54, 1.807) is 0 Å². The quantitative estimate of drug-likeness (QED) is 0.425. The second kappa shape index (κ2) is 8.55. The molecule has 6 bridgehead atoms. The van der Waals surface area contributed by atoms with Gasteiger partial charge in [-0.3, -0.25) is 9.88 Å². The molecule has 184 valence electrons. The van der Waals surface area contributed by atoms with Gasteiger partial charge in [0, 0.05) is 29.7 Å². The van der Waals surface area contributed by atoms with Crippen LogP contribution in [0.4, 0.5) is 0 Å². The average Bonchev–Trinajstić information content (AvgIpc) is 2.86. The van der Waals surface area contributed by atoms with Crippen LogP contribution < -0.4 is 10.6 Å². The van der Waals surface area contributed by atoms with Gasteiger partial charge >= 0.3 is 0 Å². The molecule has 7 aliphatic rings. The van der Waals surface area contributed by atoms with Crippen molar-refractivity contribution >= 4 is 28.2 Å². The lowest BCUT2D eigenvalue weighted by Gasteiger charge is -2.57. The van der Waals surface area contributed by atoms with Crippen LogP contribution >= 0.6 is 12.2 Å². The second-order valence-corrected chi connectivity index (χ2v) is 12.8. The van der Waals surface area contributed by atoms with Crippen molar-refractivity contribution in [3.05, 3.63) is 54.7 Å². The highest BCUT2D eigenvalue weighted by molar-refractivity contribution is 7.80. The fourth-order valence-electron chi connectivity index (χ4n) is 9.18. The van der Waals surface area contributed by atoms with Crippen LogP contribution in [0.5, 0.6) is 0 Å². The Kier molecular flexibility index (Phi) is 5.43. The number of aromatic nitrogens is 1. The first-order chi connectivity index (χ1) is 17.1. The van der Waals surface area contributed by atoms with Gasteiger partial charge in [0.15, 0.2) is 5.11 Å². The SMILES string of the molecule is C=C[C@@H]1CN2CC[C@H]1C[C@H]2[C@@H](NC(=S)NC12CC3CC(CC(C3)C1)C2)c1ccnc2ccccc12. The number of fused-ring (bicyclic) bond motifs is 4. The third-order valence-corrected chi connectivity index (χ3v) is 10.5. The van der Waals surface area contributed by atoms with Crippen molar-refractivity contribution in [2.24, 2.45) is 29.6 Å². The van der Waals surface area contributed by atoms with Crippen LogP contribution in [0, 0.1) is 29.6 Å². The standard InChI is InChI=1S/C30H38N4S/c1-2-22-18-34-10-8-23(22)14-27(34)28(25-7-9-31-26-6-4-3-5-24(25)26)32-29(35)33-30-15-19-11-20(16-30)13-21(12-19)17-30/h2-7,9,19-23,27-28H,1,8,10-18H2,(H2,32,33,35)/t19?,20?,21?,22-,23+,27+,28+,30?/m1/s1. The highest BCUT2D eigenvalue weighted by Gasteiger charge is 2.51.